The van der Waals surface area contributed by atoms with Gasteiger partial charge in [-0.15, -0.1) is 0 Å². The average molecular weight is 243 g/mol. The van der Waals surface area contributed by atoms with Crippen LogP contribution in [0.5, 0.6) is 0 Å². The number of amides is 1. The highest BCUT2D eigenvalue weighted by Gasteiger charge is 1.95. The third kappa shape index (κ3) is 15.4. The van der Waals surface area contributed by atoms with E-state index in [1.165, 1.54) is 57.8 Å². The van der Waals surface area contributed by atoms with Gasteiger partial charge < -0.3 is 10.5 Å². The molecule has 0 aliphatic carbocycles. The zero-order valence-electron chi connectivity index (χ0n) is 11.4. The normalized spacial score (nSPS) is 10.6. The number of carbonyl (C=O) groups excluding carboxylic acids is 1. The van der Waals surface area contributed by atoms with E-state index in [-0.39, 0.29) is 12.5 Å². The van der Waals surface area contributed by atoms with Crippen LogP contribution in [0.15, 0.2) is 0 Å². The van der Waals surface area contributed by atoms with Crippen molar-refractivity contribution in [3.8, 4) is 0 Å². The molecule has 17 heavy (non-hydrogen) atoms. The molecule has 0 radical (unpaired) electrons. The molecule has 1 amide bonds. The van der Waals surface area contributed by atoms with Crippen molar-refractivity contribution in [2.75, 3.05) is 13.2 Å². The Labute approximate surface area is 106 Å². The number of carbonyl (C=O) groups is 1. The molecule has 0 aliphatic heterocycles. The quantitative estimate of drug-likeness (QED) is 0.504. The Bertz CT molecular complexity index is 172. The molecule has 0 aromatic heterocycles. The zero-order chi connectivity index (χ0) is 12.8. The lowest BCUT2D eigenvalue weighted by molar-refractivity contribution is -0.122. The van der Waals surface area contributed by atoms with Crippen LogP contribution in [-0.2, 0) is 9.53 Å². The molecule has 0 aromatic rings. The van der Waals surface area contributed by atoms with Crippen molar-refractivity contribution >= 4 is 5.91 Å². The van der Waals surface area contributed by atoms with Crippen LogP contribution in [0.1, 0.15) is 71.1 Å². The van der Waals surface area contributed by atoms with E-state index in [1.807, 2.05) is 0 Å². The van der Waals surface area contributed by atoms with Gasteiger partial charge in [0.05, 0.1) is 0 Å². The van der Waals surface area contributed by atoms with Gasteiger partial charge in [-0.25, -0.2) is 0 Å². The van der Waals surface area contributed by atoms with E-state index in [0.29, 0.717) is 6.61 Å². The standard InChI is InChI=1S/C14H29NO2/c1-2-3-4-5-6-7-8-9-10-11-12-17-13-14(15)16/h2-13H2,1H3,(H2,15,16). The minimum Gasteiger partial charge on any atom is -0.372 e. The summed E-state index contributed by atoms with van der Waals surface area (Å²) in [5, 5.41) is 0. The van der Waals surface area contributed by atoms with Crippen molar-refractivity contribution in [3.05, 3.63) is 0 Å². The van der Waals surface area contributed by atoms with Gasteiger partial charge >= 0.3 is 0 Å². The van der Waals surface area contributed by atoms with Crippen LogP contribution in [-0.4, -0.2) is 19.1 Å². The van der Waals surface area contributed by atoms with Gasteiger partial charge in [0.1, 0.15) is 6.61 Å². The molecule has 102 valence electrons. The predicted molar refractivity (Wildman–Crippen MR) is 71.9 cm³/mol. The number of ether oxygens (including phenoxy) is 1. The molecule has 0 saturated heterocycles. The SMILES string of the molecule is CCCCCCCCCCCCOCC(N)=O. The van der Waals surface area contributed by atoms with E-state index >= 15 is 0 Å². The number of rotatable bonds is 13. The summed E-state index contributed by atoms with van der Waals surface area (Å²) in [7, 11) is 0. The first-order chi connectivity index (χ1) is 8.27. The molecule has 0 aliphatic rings. The number of unbranched alkanes of at least 4 members (excludes halogenated alkanes) is 9. The lowest BCUT2D eigenvalue weighted by Gasteiger charge is -2.03. The van der Waals surface area contributed by atoms with Gasteiger partial charge in [0.25, 0.3) is 0 Å². The fourth-order valence-corrected chi connectivity index (χ4v) is 1.86. The van der Waals surface area contributed by atoms with Crippen molar-refractivity contribution in [1.29, 1.82) is 0 Å². The molecule has 0 unspecified atom stereocenters. The van der Waals surface area contributed by atoms with Crippen LogP contribution < -0.4 is 5.73 Å². The summed E-state index contributed by atoms with van der Waals surface area (Å²) in [6.07, 6.45) is 13.1. The molecule has 0 spiro atoms. The Morgan fingerprint density at radius 1 is 0.882 bits per heavy atom. The fraction of sp³-hybridized carbons (Fsp3) is 0.929. The van der Waals surface area contributed by atoms with Crippen molar-refractivity contribution in [2.24, 2.45) is 5.73 Å². The highest BCUT2D eigenvalue weighted by atomic mass is 16.5. The maximum Gasteiger partial charge on any atom is 0.243 e. The fourth-order valence-electron chi connectivity index (χ4n) is 1.86. The van der Waals surface area contributed by atoms with Crippen LogP contribution in [0.25, 0.3) is 0 Å². The van der Waals surface area contributed by atoms with Crippen LogP contribution in [0.3, 0.4) is 0 Å². The summed E-state index contributed by atoms with van der Waals surface area (Å²) in [6, 6.07) is 0. The Morgan fingerprint density at radius 2 is 1.35 bits per heavy atom. The summed E-state index contributed by atoms with van der Waals surface area (Å²) in [5.74, 6) is -0.378. The first kappa shape index (κ1) is 16.4. The minimum absolute atomic E-state index is 0.0669. The third-order valence-electron chi connectivity index (χ3n) is 2.89. The van der Waals surface area contributed by atoms with Crippen molar-refractivity contribution < 1.29 is 9.53 Å². The van der Waals surface area contributed by atoms with Gasteiger partial charge in [-0.1, -0.05) is 64.7 Å². The molecule has 0 bridgehead atoms. The van der Waals surface area contributed by atoms with E-state index in [2.05, 4.69) is 6.92 Å². The maximum atomic E-state index is 10.4. The number of nitrogens with two attached hydrogens (primary N) is 1. The number of hydrogen-bond donors (Lipinski definition) is 1. The monoisotopic (exact) mass is 243 g/mol. The van der Waals surface area contributed by atoms with Crippen LogP contribution in [0, 0.1) is 0 Å². The van der Waals surface area contributed by atoms with Gasteiger partial charge in [0, 0.05) is 6.61 Å². The molecular formula is C14H29NO2. The molecule has 0 atom stereocenters. The first-order valence-corrected chi connectivity index (χ1v) is 7.13. The Kier molecular flexibility index (Phi) is 13.0. The molecule has 0 aromatic carbocycles. The van der Waals surface area contributed by atoms with Crippen molar-refractivity contribution in [1.82, 2.24) is 0 Å². The molecule has 0 rings (SSSR count). The lowest BCUT2D eigenvalue weighted by Crippen LogP contribution is -2.18. The largest absolute Gasteiger partial charge is 0.372 e. The Hall–Kier alpha value is -0.570. The molecule has 3 heteroatoms. The van der Waals surface area contributed by atoms with Crippen LogP contribution in [0.2, 0.25) is 0 Å². The highest BCUT2D eigenvalue weighted by molar-refractivity contribution is 5.74. The molecule has 0 fully saturated rings. The lowest BCUT2D eigenvalue weighted by atomic mass is 10.1. The first-order valence-electron chi connectivity index (χ1n) is 7.13. The molecule has 0 saturated carbocycles. The van der Waals surface area contributed by atoms with Gasteiger partial charge in [-0.2, -0.15) is 0 Å². The van der Waals surface area contributed by atoms with Gasteiger partial charge in [0.2, 0.25) is 5.91 Å². The Balaban J connectivity index is 2.91. The highest BCUT2D eigenvalue weighted by Crippen LogP contribution is 2.10. The number of hydrogen-bond acceptors (Lipinski definition) is 2. The minimum atomic E-state index is -0.378. The second kappa shape index (κ2) is 13.5. The molecular weight excluding hydrogens is 214 g/mol. The molecule has 0 heterocycles. The summed E-state index contributed by atoms with van der Waals surface area (Å²) >= 11 is 0. The third-order valence-corrected chi connectivity index (χ3v) is 2.89. The summed E-state index contributed by atoms with van der Waals surface area (Å²) in [4.78, 5) is 10.4. The van der Waals surface area contributed by atoms with E-state index in [9.17, 15) is 4.79 Å². The van der Waals surface area contributed by atoms with Crippen molar-refractivity contribution in [2.45, 2.75) is 71.1 Å². The Morgan fingerprint density at radius 3 is 1.82 bits per heavy atom. The smallest absolute Gasteiger partial charge is 0.243 e. The van der Waals surface area contributed by atoms with Gasteiger partial charge in [-0.05, 0) is 6.42 Å². The van der Waals surface area contributed by atoms with Gasteiger partial charge in [0.15, 0.2) is 0 Å². The molecule has 2 N–H and O–H groups in total. The van der Waals surface area contributed by atoms with Crippen LogP contribution >= 0.6 is 0 Å². The van der Waals surface area contributed by atoms with Crippen LogP contribution in [0.4, 0.5) is 0 Å². The topological polar surface area (TPSA) is 52.3 Å². The van der Waals surface area contributed by atoms with Gasteiger partial charge in [-0.3, -0.25) is 4.79 Å². The van der Waals surface area contributed by atoms with Crippen molar-refractivity contribution in [3.63, 3.8) is 0 Å². The van der Waals surface area contributed by atoms with E-state index < -0.39 is 0 Å². The summed E-state index contributed by atoms with van der Waals surface area (Å²) in [6.45, 7) is 2.98. The second-order valence-corrected chi connectivity index (χ2v) is 4.70. The van der Waals surface area contributed by atoms with E-state index in [4.69, 9.17) is 10.5 Å². The summed E-state index contributed by atoms with van der Waals surface area (Å²) in [5.41, 5.74) is 4.96. The van der Waals surface area contributed by atoms with E-state index in [0.717, 1.165) is 6.42 Å². The van der Waals surface area contributed by atoms with E-state index in [1.54, 1.807) is 0 Å². The molecule has 3 nitrogen and oxygen atoms in total. The summed E-state index contributed by atoms with van der Waals surface area (Å²) < 4.78 is 5.09. The predicted octanol–water partition coefficient (Wildman–Crippen LogP) is 3.41. The average Bonchev–Trinajstić information content (AvgIpc) is 2.30. The number of primary amides is 1. The zero-order valence-corrected chi connectivity index (χ0v) is 11.4. The maximum absolute atomic E-state index is 10.4. The second-order valence-electron chi connectivity index (χ2n) is 4.70.